The third kappa shape index (κ3) is 2.92. The van der Waals surface area contributed by atoms with Crippen molar-refractivity contribution in [2.24, 2.45) is 0 Å². The number of aromatic amines is 1. The summed E-state index contributed by atoms with van der Waals surface area (Å²) in [5.41, 5.74) is 3.50. The van der Waals surface area contributed by atoms with Crippen LogP contribution in [0.3, 0.4) is 0 Å². The van der Waals surface area contributed by atoms with E-state index in [-0.39, 0.29) is 5.56 Å². The average molecular weight is 382 g/mol. The average Bonchev–Trinajstić information content (AvgIpc) is 3.25. The Hall–Kier alpha value is -2.97. The van der Waals surface area contributed by atoms with Crippen LogP contribution >= 0.6 is 11.6 Å². The van der Waals surface area contributed by atoms with Crippen LogP contribution in [-0.2, 0) is 19.5 Å². The van der Waals surface area contributed by atoms with E-state index in [9.17, 15) is 4.79 Å². The first kappa shape index (κ1) is 16.2. The second-order valence-corrected chi connectivity index (χ2v) is 7.06. The van der Waals surface area contributed by atoms with Crippen LogP contribution in [-0.4, -0.2) is 41.0 Å². The van der Waals surface area contributed by atoms with Crippen molar-refractivity contribution in [1.82, 2.24) is 34.5 Å². The van der Waals surface area contributed by atoms with Crippen molar-refractivity contribution in [2.45, 2.75) is 19.5 Å². The van der Waals surface area contributed by atoms with E-state index >= 15 is 0 Å². The highest BCUT2D eigenvalue weighted by Gasteiger charge is 2.23. The molecule has 0 unspecified atom stereocenters. The summed E-state index contributed by atoms with van der Waals surface area (Å²) in [7, 11) is 0. The standard InChI is InChI=1S/C18H16ClN7O/c19-13-3-1-2-12(8-13)9-24-7-6-14-15(10-24)22-26(18(14)27)17-5-4-16-21-20-11-25(16)23-17/h1-5,8,11,22H,6-7,9-10H2. The Morgan fingerprint density at radius 2 is 2.15 bits per heavy atom. The normalized spacial score (nSPS) is 14.6. The Labute approximate surface area is 159 Å². The van der Waals surface area contributed by atoms with Crippen molar-refractivity contribution in [3.05, 3.63) is 74.9 Å². The molecule has 9 heteroatoms. The number of fused-ring (bicyclic) bond motifs is 2. The zero-order chi connectivity index (χ0) is 18.4. The van der Waals surface area contributed by atoms with Gasteiger partial charge in [0.15, 0.2) is 11.5 Å². The number of hydrogen-bond acceptors (Lipinski definition) is 5. The Bertz CT molecular complexity index is 1190. The van der Waals surface area contributed by atoms with Gasteiger partial charge >= 0.3 is 0 Å². The summed E-state index contributed by atoms with van der Waals surface area (Å²) in [6, 6.07) is 11.4. The van der Waals surface area contributed by atoms with E-state index in [0.717, 1.165) is 34.9 Å². The minimum atomic E-state index is -0.0488. The van der Waals surface area contributed by atoms with Gasteiger partial charge in [-0.1, -0.05) is 23.7 Å². The van der Waals surface area contributed by atoms with Gasteiger partial charge in [0.1, 0.15) is 6.33 Å². The van der Waals surface area contributed by atoms with Gasteiger partial charge in [0, 0.05) is 30.2 Å². The number of hydrogen-bond donors (Lipinski definition) is 1. The van der Waals surface area contributed by atoms with Gasteiger partial charge in [0.2, 0.25) is 0 Å². The number of rotatable bonds is 3. The quantitative estimate of drug-likeness (QED) is 0.585. The maximum Gasteiger partial charge on any atom is 0.276 e. The molecule has 4 heterocycles. The third-order valence-corrected chi connectivity index (χ3v) is 5.04. The minimum Gasteiger partial charge on any atom is -0.293 e. The van der Waals surface area contributed by atoms with Crippen molar-refractivity contribution in [3.63, 3.8) is 0 Å². The molecule has 5 rings (SSSR count). The van der Waals surface area contributed by atoms with Crippen LogP contribution < -0.4 is 5.56 Å². The summed E-state index contributed by atoms with van der Waals surface area (Å²) >= 11 is 6.08. The molecule has 0 saturated carbocycles. The molecule has 136 valence electrons. The molecule has 0 spiro atoms. The third-order valence-electron chi connectivity index (χ3n) is 4.80. The molecule has 0 atom stereocenters. The van der Waals surface area contributed by atoms with Crippen molar-refractivity contribution >= 4 is 17.2 Å². The first-order valence-electron chi connectivity index (χ1n) is 8.64. The van der Waals surface area contributed by atoms with Crippen LogP contribution in [0.5, 0.6) is 0 Å². The van der Waals surface area contributed by atoms with Gasteiger partial charge in [-0.3, -0.25) is 14.8 Å². The van der Waals surface area contributed by atoms with E-state index in [1.54, 1.807) is 16.6 Å². The largest absolute Gasteiger partial charge is 0.293 e. The van der Waals surface area contributed by atoms with Crippen LogP contribution in [0.2, 0.25) is 5.02 Å². The topological polar surface area (TPSA) is 84.1 Å². The second kappa shape index (κ2) is 6.33. The number of benzene rings is 1. The van der Waals surface area contributed by atoms with Gasteiger partial charge in [-0.2, -0.15) is 9.20 Å². The smallest absolute Gasteiger partial charge is 0.276 e. The van der Waals surface area contributed by atoms with Crippen LogP contribution in [0.15, 0.2) is 47.5 Å². The van der Waals surface area contributed by atoms with E-state index in [2.05, 4.69) is 31.4 Å². The van der Waals surface area contributed by atoms with Crippen LogP contribution in [0.25, 0.3) is 11.5 Å². The SMILES string of the molecule is O=c1c2c([nH]n1-c1ccc3nncn3n1)CN(Cc1cccc(Cl)c1)CC2. The molecule has 0 bridgehead atoms. The number of halogens is 1. The summed E-state index contributed by atoms with van der Waals surface area (Å²) < 4.78 is 3.04. The number of aromatic nitrogens is 6. The van der Waals surface area contributed by atoms with Gasteiger partial charge in [0.25, 0.3) is 5.56 Å². The fourth-order valence-corrected chi connectivity index (χ4v) is 3.72. The van der Waals surface area contributed by atoms with E-state index in [4.69, 9.17) is 11.6 Å². The summed E-state index contributed by atoms with van der Waals surface area (Å²) in [5.74, 6) is 0.517. The highest BCUT2D eigenvalue weighted by molar-refractivity contribution is 6.30. The summed E-state index contributed by atoms with van der Waals surface area (Å²) in [5, 5.41) is 16.1. The fourth-order valence-electron chi connectivity index (χ4n) is 3.51. The van der Waals surface area contributed by atoms with Gasteiger partial charge in [-0.25, -0.2) is 0 Å². The molecule has 0 saturated heterocycles. The molecule has 0 aliphatic carbocycles. The zero-order valence-electron chi connectivity index (χ0n) is 14.3. The fraction of sp³-hybridized carbons (Fsp3) is 0.222. The second-order valence-electron chi connectivity index (χ2n) is 6.63. The molecular formula is C18H16ClN7O. The highest BCUT2D eigenvalue weighted by Crippen LogP contribution is 2.19. The van der Waals surface area contributed by atoms with Gasteiger partial charge in [0.05, 0.1) is 5.69 Å². The summed E-state index contributed by atoms with van der Waals surface area (Å²) in [6.45, 7) is 2.29. The number of nitrogens with zero attached hydrogens (tertiary/aromatic N) is 6. The first-order chi connectivity index (χ1) is 13.2. The van der Waals surface area contributed by atoms with Crippen LogP contribution in [0.4, 0.5) is 0 Å². The Kier molecular flexibility index (Phi) is 3.80. The lowest BCUT2D eigenvalue weighted by atomic mass is 10.1. The molecule has 1 aliphatic rings. The molecule has 1 N–H and O–H groups in total. The molecule has 1 aliphatic heterocycles. The Morgan fingerprint density at radius 1 is 1.22 bits per heavy atom. The molecule has 1 aromatic carbocycles. The monoisotopic (exact) mass is 381 g/mol. The molecule has 3 aromatic heterocycles. The van der Waals surface area contributed by atoms with Crippen molar-refractivity contribution in [1.29, 1.82) is 0 Å². The highest BCUT2D eigenvalue weighted by atomic mass is 35.5. The summed E-state index contributed by atoms with van der Waals surface area (Å²) in [6.07, 6.45) is 2.21. The van der Waals surface area contributed by atoms with E-state index in [1.807, 2.05) is 18.2 Å². The maximum atomic E-state index is 12.8. The van der Waals surface area contributed by atoms with Crippen molar-refractivity contribution in [3.8, 4) is 5.82 Å². The lowest BCUT2D eigenvalue weighted by Crippen LogP contribution is -2.31. The van der Waals surface area contributed by atoms with E-state index in [1.165, 1.54) is 11.0 Å². The molecule has 27 heavy (non-hydrogen) atoms. The maximum absolute atomic E-state index is 12.8. The van der Waals surface area contributed by atoms with Gasteiger partial charge in [-0.15, -0.1) is 15.3 Å². The molecule has 0 radical (unpaired) electrons. The summed E-state index contributed by atoms with van der Waals surface area (Å²) in [4.78, 5) is 15.1. The molecule has 0 fully saturated rings. The van der Waals surface area contributed by atoms with Crippen LogP contribution in [0.1, 0.15) is 16.8 Å². The molecule has 8 nitrogen and oxygen atoms in total. The molecule has 4 aromatic rings. The molecular weight excluding hydrogens is 366 g/mol. The lowest BCUT2D eigenvalue weighted by Gasteiger charge is -2.25. The van der Waals surface area contributed by atoms with Gasteiger partial charge < -0.3 is 0 Å². The predicted octanol–water partition coefficient (Wildman–Crippen LogP) is 1.81. The zero-order valence-corrected chi connectivity index (χ0v) is 15.1. The Balaban J connectivity index is 1.44. The first-order valence-corrected chi connectivity index (χ1v) is 9.02. The number of nitrogens with one attached hydrogen (secondary N) is 1. The number of H-pyrrole nitrogens is 1. The van der Waals surface area contributed by atoms with Crippen molar-refractivity contribution in [2.75, 3.05) is 6.54 Å². The van der Waals surface area contributed by atoms with Crippen LogP contribution in [0, 0.1) is 0 Å². The lowest BCUT2D eigenvalue weighted by molar-refractivity contribution is 0.242. The van der Waals surface area contributed by atoms with Crippen molar-refractivity contribution < 1.29 is 0 Å². The minimum absolute atomic E-state index is 0.0488. The van der Waals surface area contributed by atoms with Gasteiger partial charge in [-0.05, 0) is 36.2 Å². The Morgan fingerprint density at radius 3 is 3.04 bits per heavy atom. The predicted molar refractivity (Wildman–Crippen MR) is 100.0 cm³/mol. The van der Waals surface area contributed by atoms with E-state index in [0.29, 0.717) is 24.4 Å². The van der Waals surface area contributed by atoms with E-state index < -0.39 is 0 Å². The molecule has 0 amide bonds.